The fraction of sp³-hybridized carbons (Fsp3) is 0.357. The van der Waals surface area contributed by atoms with Crippen LogP contribution in [0.1, 0.15) is 5.56 Å². The second kappa shape index (κ2) is 6.99. The first-order valence-corrected chi connectivity index (χ1v) is 5.82. The molecule has 1 heterocycles. The summed E-state index contributed by atoms with van der Waals surface area (Å²) in [5.74, 6) is 0. The maximum Gasteiger partial charge on any atom is 0.0718 e. The first kappa shape index (κ1) is 12.0. The lowest BCUT2D eigenvalue weighted by Crippen LogP contribution is -2.07. The fourth-order valence-electron chi connectivity index (χ4n) is 1.56. The molecular formula is C14H17NO2. The Morgan fingerprint density at radius 3 is 2.47 bits per heavy atom. The molecule has 0 aromatic heterocycles. The average molecular weight is 231 g/mol. The fourth-order valence-corrected chi connectivity index (χ4v) is 1.56. The highest BCUT2D eigenvalue weighted by Crippen LogP contribution is 2.02. The van der Waals surface area contributed by atoms with Crippen LogP contribution in [-0.2, 0) is 16.1 Å². The van der Waals surface area contributed by atoms with E-state index in [-0.39, 0.29) is 0 Å². The molecule has 17 heavy (non-hydrogen) atoms. The maximum atomic E-state index is 5.51. The summed E-state index contributed by atoms with van der Waals surface area (Å²) in [6, 6.07) is 10.1. The van der Waals surface area contributed by atoms with Crippen LogP contribution in [0.15, 0.2) is 47.0 Å². The second-order valence-electron chi connectivity index (χ2n) is 3.91. The van der Waals surface area contributed by atoms with Gasteiger partial charge in [-0.05, 0) is 17.2 Å². The van der Waals surface area contributed by atoms with Crippen molar-refractivity contribution in [2.45, 2.75) is 6.61 Å². The molecule has 0 aliphatic carbocycles. The molecular weight excluding hydrogens is 214 g/mol. The van der Waals surface area contributed by atoms with E-state index < -0.39 is 0 Å². The highest BCUT2D eigenvalue weighted by Gasteiger charge is 1.99. The van der Waals surface area contributed by atoms with Crippen molar-refractivity contribution in [3.63, 3.8) is 0 Å². The van der Waals surface area contributed by atoms with E-state index in [0.29, 0.717) is 26.4 Å². The Labute approximate surface area is 102 Å². The first-order valence-electron chi connectivity index (χ1n) is 5.82. The van der Waals surface area contributed by atoms with Crippen LogP contribution in [-0.4, -0.2) is 32.6 Å². The molecule has 1 aliphatic rings. The number of allylic oxidation sites excluding steroid dienone is 1. The number of nitrogens with zero attached hydrogens (tertiary/aromatic N) is 1. The van der Waals surface area contributed by atoms with Crippen LogP contribution in [0.2, 0.25) is 0 Å². The van der Waals surface area contributed by atoms with Crippen molar-refractivity contribution in [1.29, 1.82) is 0 Å². The maximum absolute atomic E-state index is 5.51. The summed E-state index contributed by atoms with van der Waals surface area (Å²) in [7, 11) is 0. The standard InChI is InChI=1S/C14H17NO2/c1-2-4-13(5-3-1)11-16-8-9-17-12-14-6-7-15-10-14/h1-7H,8-12H2. The first-order chi connectivity index (χ1) is 8.45. The summed E-state index contributed by atoms with van der Waals surface area (Å²) >= 11 is 0. The van der Waals surface area contributed by atoms with E-state index in [2.05, 4.69) is 17.1 Å². The van der Waals surface area contributed by atoms with Crippen molar-refractivity contribution < 1.29 is 9.47 Å². The molecule has 90 valence electrons. The largest absolute Gasteiger partial charge is 0.375 e. The molecule has 0 saturated carbocycles. The van der Waals surface area contributed by atoms with Gasteiger partial charge in [0.25, 0.3) is 0 Å². The van der Waals surface area contributed by atoms with Gasteiger partial charge in [0, 0.05) is 6.21 Å². The predicted molar refractivity (Wildman–Crippen MR) is 68.4 cm³/mol. The lowest BCUT2D eigenvalue weighted by molar-refractivity contribution is 0.0483. The van der Waals surface area contributed by atoms with Gasteiger partial charge in [-0.25, -0.2) is 0 Å². The van der Waals surface area contributed by atoms with Crippen LogP contribution >= 0.6 is 0 Å². The summed E-state index contributed by atoms with van der Waals surface area (Å²) < 4.78 is 11.0. The molecule has 0 unspecified atom stereocenters. The number of aliphatic imine (C=N–C) groups is 1. The molecule has 3 nitrogen and oxygen atoms in total. The molecule has 3 heteroatoms. The minimum absolute atomic E-state index is 0.628. The van der Waals surface area contributed by atoms with E-state index >= 15 is 0 Å². The minimum atomic E-state index is 0.628. The lowest BCUT2D eigenvalue weighted by Gasteiger charge is -2.06. The summed E-state index contributed by atoms with van der Waals surface area (Å²) in [5, 5.41) is 0. The number of hydrogen-bond acceptors (Lipinski definition) is 3. The smallest absolute Gasteiger partial charge is 0.0718 e. The monoisotopic (exact) mass is 231 g/mol. The number of hydrogen-bond donors (Lipinski definition) is 0. The highest BCUT2D eigenvalue weighted by atomic mass is 16.5. The van der Waals surface area contributed by atoms with E-state index in [9.17, 15) is 0 Å². The van der Waals surface area contributed by atoms with Crippen LogP contribution in [0.3, 0.4) is 0 Å². The van der Waals surface area contributed by atoms with Crippen molar-refractivity contribution in [1.82, 2.24) is 0 Å². The summed E-state index contributed by atoms with van der Waals surface area (Å²) in [6.45, 7) is 3.35. The molecule has 0 fully saturated rings. The van der Waals surface area contributed by atoms with Crippen LogP contribution in [0.5, 0.6) is 0 Å². The van der Waals surface area contributed by atoms with Gasteiger partial charge in [-0.2, -0.15) is 0 Å². The Kier molecular flexibility index (Phi) is 4.94. The topological polar surface area (TPSA) is 30.8 Å². The highest BCUT2D eigenvalue weighted by molar-refractivity contribution is 5.75. The zero-order valence-electron chi connectivity index (χ0n) is 9.84. The molecule has 2 rings (SSSR count). The van der Waals surface area contributed by atoms with Gasteiger partial charge in [-0.3, -0.25) is 4.99 Å². The van der Waals surface area contributed by atoms with E-state index in [0.717, 1.165) is 6.54 Å². The van der Waals surface area contributed by atoms with Gasteiger partial charge >= 0.3 is 0 Å². The zero-order valence-corrected chi connectivity index (χ0v) is 9.84. The van der Waals surface area contributed by atoms with Gasteiger partial charge in [-0.1, -0.05) is 30.3 Å². The van der Waals surface area contributed by atoms with Crippen LogP contribution in [0.25, 0.3) is 0 Å². The van der Waals surface area contributed by atoms with E-state index in [1.54, 1.807) is 0 Å². The van der Waals surface area contributed by atoms with Crippen molar-refractivity contribution in [3.8, 4) is 0 Å². The van der Waals surface area contributed by atoms with Crippen molar-refractivity contribution in [2.24, 2.45) is 4.99 Å². The molecule has 0 saturated heterocycles. The molecule has 0 atom stereocenters. The van der Waals surface area contributed by atoms with E-state index in [1.165, 1.54) is 11.1 Å². The van der Waals surface area contributed by atoms with Gasteiger partial charge in [0.1, 0.15) is 0 Å². The van der Waals surface area contributed by atoms with E-state index in [1.807, 2.05) is 30.5 Å². The SMILES string of the molecule is C1=NCC(COCCOCc2ccccc2)=C1. The Bertz CT molecular complexity index is 384. The summed E-state index contributed by atoms with van der Waals surface area (Å²) in [5.41, 5.74) is 2.42. The third-order valence-corrected chi connectivity index (χ3v) is 2.48. The molecule has 0 amide bonds. The Morgan fingerprint density at radius 1 is 1.00 bits per heavy atom. The molecule has 0 radical (unpaired) electrons. The third-order valence-electron chi connectivity index (χ3n) is 2.48. The van der Waals surface area contributed by atoms with Crippen LogP contribution in [0.4, 0.5) is 0 Å². The molecule has 1 aliphatic heterocycles. The summed E-state index contributed by atoms with van der Waals surface area (Å²) in [4.78, 5) is 4.09. The predicted octanol–water partition coefficient (Wildman–Crippen LogP) is 2.23. The Balaban J connectivity index is 1.49. The van der Waals surface area contributed by atoms with E-state index in [4.69, 9.17) is 9.47 Å². The minimum Gasteiger partial charge on any atom is -0.375 e. The molecule has 0 bridgehead atoms. The Morgan fingerprint density at radius 2 is 1.76 bits per heavy atom. The molecule has 0 spiro atoms. The number of rotatable bonds is 7. The quantitative estimate of drug-likeness (QED) is 0.674. The van der Waals surface area contributed by atoms with Crippen molar-refractivity contribution in [2.75, 3.05) is 26.4 Å². The summed E-state index contributed by atoms with van der Waals surface area (Å²) in [6.07, 6.45) is 3.83. The zero-order chi connectivity index (χ0) is 11.8. The normalized spacial score (nSPS) is 14.0. The average Bonchev–Trinajstić information content (AvgIpc) is 2.88. The van der Waals surface area contributed by atoms with Crippen LogP contribution in [0, 0.1) is 0 Å². The number of ether oxygens (including phenoxy) is 2. The molecule has 0 N–H and O–H groups in total. The van der Waals surface area contributed by atoms with Crippen molar-refractivity contribution >= 4 is 6.21 Å². The number of benzene rings is 1. The molecule has 1 aromatic carbocycles. The van der Waals surface area contributed by atoms with Gasteiger partial charge in [-0.15, -0.1) is 0 Å². The third kappa shape index (κ3) is 4.51. The lowest BCUT2D eigenvalue weighted by atomic mass is 10.2. The van der Waals surface area contributed by atoms with Gasteiger partial charge in [0.2, 0.25) is 0 Å². The Hall–Kier alpha value is -1.45. The van der Waals surface area contributed by atoms with Gasteiger partial charge in [0.15, 0.2) is 0 Å². The van der Waals surface area contributed by atoms with Crippen molar-refractivity contribution in [3.05, 3.63) is 47.5 Å². The van der Waals surface area contributed by atoms with Gasteiger partial charge in [0.05, 0.1) is 33.0 Å². The molecule has 1 aromatic rings. The second-order valence-corrected chi connectivity index (χ2v) is 3.91. The van der Waals surface area contributed by atoms with Crippen LogP contribution < -0.4 is 0 Å². The van der Waals surface area contributed by atoms with Gasteiger partial charge < -0.3 is 9.47 Å².